The molecule has 0 bridgehead atoms. The molecular weight excluding hydrogens is 301 g/mol. The van der Waals surface area contributed by atoms with Crippen molar-refractivity contribution >= 4 is 34.2 Å². The van der Waals surface area contributed by atoms with Crippen LogP contribution in [-0.2, 0) is 0 Å². The van der Waals surface area contributed by atoms with Crippen LogP contribution in [0.4, 0.5) is 4.39 Å². The molecule has 1 atom stereocenters. The number of allylic oxidation sites excluding steroid dienone is 4. The first-order valence-corrected chi connectivity index (χ1v) is 6.43. The largest absolute Gasteiger partial charge is 0.210 e. The first-order chi connectivity index (χ1) is 6.25. The van der Waals surface area contributed by atoms with Crippen LogP contribution in [0.3, 0.4) is 0 Å². The Morgan fingerprint density at radius 2 is 2.31 bits per heavy atom. The molecule has 0 aromatic heterocycles. The second-order valence-electron chi connectivity index (χ2n) is 3.22. The van der Waals surface area contributed by atoms with Crippen molar-refractivity contribution in [2.75, 3.05) is 4.43 Å². The zero-order valence-electron chi connectivity index (χ0n) is 7.40. The maximum absolute atomic E-state index is 13.4. The van der Waals surface area contributed by atoms with Gasteiger partial charge in [0.2, 0.25) is 0 Å². The maximum Gasteiger partial charge on any atom is 0.122 e. The molecule has 0 radical (unpaired) electrons. The molecule has 1 rings (SSSR count). The van der Waals surface area contributed by atoms with E-state index >= 15 is 0 Å². The molecule has 1 unspecified atom stereocenters. The number of hydrogen-bond acceptors (Lipinski definition) is 0. The van der Waals surface area contributed by atoms with Crippen molar-refractivity contribution in [1.29, 1.82) is 0 Å². The van der Waals surface area contributed by atoms with E-state index in [9.17, 15) is 4.39 Å². The highest BCUT2D eigenvalue weighted by Crippen LogP contribution is 2.32. The summed E-state index contributed by atoms with van der Waals surface area (Å²) in [5.74, 6) is -0.0712. The summed E-state index contributed by atoms with van der Waals surface area (Å²) in [6.07, 6.45) is 7.62. The van der Waals surface area contributed by atoms with E-state index in [1.807, 2.05) is 6.08 Å². The van der Waals surface area contributed by atoms with E-state index in [1.54, 1.807) is 6.08 Å². The van der Waals surface area contributed by atoms with E-state index in [0.29, 0.717) is 5.03 Å². The summed E-state index contributed by atoms with van der Waals surface area (Å²) < 4.78 is 14.5. The topological polar surface area (TPSA) is 0 Å². The smallest absolute Gasteiger partial charge is 0.122 e. The predicted molar refractivity (Wildman–Crippen MR) is 64.0 cm³/mol. The molecule has 1 aliphatic rings. The summed E-state index contributed by atoms with van der Waals surface area (Å²) in [4.78, 5) is 0. The molecule has 0 nitrogen and oxygen atoms in total. The Hall–Kier alpha value is 0.430. The van der Waals surface area contributed by atoms with E-state index in [-0.39, 0.29) is 11.7 Å². The molecule has 0 saturated carbocycles. The van der Waals surface area contributed by atoms with Crippen LogP contribution >= 0.6 is 34.2 Å². The van der Waals surface area contributed by atoms with E-state index < -0.39 is 0 Å². The highest BCUT2D eigenvalue weighted by atomic mass is 127. The molecule has 1 aliphatic carbocycles. The standard InChI is InChI=1S/C10H13ClFI/c11-9-6-3-5-8(10(9)12)4-1-2-7-13/h3,6,8H,1-2,4-5,7H2. The van der Waals surface area contributed by atoms with Gasteiger partial charge in [0.25, 0.3) is 0 Å². The first kappa shape index (κ1) is 11.5. The second kappa shape index (κ2) is 6.02. The van der Waals surface area contributed by atoms with Crippen LogP contribution in [0.2, 0.25) is 0 Å². The quantitative estimate of drug-likeness (QED) is 0.404. The molecule has 0 heterocycles. The van der Waals surface area contributed by atoms with Gasteiger partial charge in [-0.2, -0.15) is 0 Å². The van der Waals surface area contributed by atoms with Gasteiger partial charge in [-0.05, 0) is 29.8 Å². The van der Waals surface area contributed by atoms with E-state index in [0.717, 1.165) is 23.7 Å². The summed E-state index contributed by atoms with van der Waals surface area (Å²) in [5.41, 5.74) is 0. The van der Waals surface area contributed by atoms with Gasteiger partial charge in [-0.25, -0.2) is 4.39 Å². The number of unbranched alkanes of at least 4 members (excludes halogenated alkanes) is 1. The molecule has 0 spiro atoms. The third-order valence-corrected chi connectivity index (χ3v) is 3.28. The monoisotopic (exact) mass is 314 g/mol. The lowest BCUT2D eigenvalue weighted by molar-refractivity contribution is 0.425. The highest BCUT2D eigenvalue weighted by Gasteiger charge is 2.18. The Morgan fingerprint density at radius 3 is 3.00 bits per heavy atom. The fourth-order valence-electron chi connectivity index (χ4n) is 1.44. The van der Waals surface area contributed by atoms with Crippen molar-refractivity contribution < 1.29 is 4.39 Å². The van der Waals surface area contributed by atoms with Gasteiger partial charge < -0.3 is 0 Å². The third-order valence-electron chi connectivity index (χ3n) is 2.21. The summed E-state index contributed by atoms with van der Waals surface area (Å²) in [6, 6.07) is 0. The van der Waals surface area contributed by atoms with Crippen molar-refractivity contribution in [3.05, 3.63) is 23.0 Å². The molecule has 3 heteroatoms. The molecule has 0 aromatic carbocycles. The minimum atomic E-state index is -0.113. The molecule has 0 fully saturated rings. The third kappa shape index (κ3) is 3.58. The second-order valence-corrected chi connectivity index (χ2v) is 4.70. The lowest BCUT2D eigenvalue weighted by Gasteiger charge is -2.16. The Morgan fingerprint density at radius 1 is 1.54 bits per heavy atom. The molecule has 0 N–H and O–H groups in total. The molecule has 0 amide bonds. The molecule has 0 saturated heterocycles. The van der Waals surface area contributed by atoms with Crippen LogP contribution in [0, 0.1) is 5.92 Å². The number of hydrogen-bond donors (Lipinski definition) is 0. The van der Waals surface area contributed by atoms with Crippen LogP contribution < -0.4 is 0 Å². The summed E-state index contributed by atoms with van der Waals surface area (Å²) >= 11 is 8.04. The summed E-state index contributed by atoms with van der Waals surface area (Å²) in [6.45, 7) is 0. The number of alkyl halides is 1. The Balaban J connectivity index is 2.39. The van der Waals surface area contributed by atoms with Crippen molar-refractivity contribution in [2.45, 2.75) is 25.7 Å². The minimum Gasteiger partial charge on any atom is -0.210 e. The summed E-state index contributed by atoms with van der Waals surface area (Å²) in [5, 5.41) is 0.297. The van der Waals surface area contributed by atoms with Gasteiger partial charge in [0.1, 0.15) is 5.83 Å². The van der Waals surface area contributed by atoms with E-state index in [1.165, 1.54) is 6.42 Å². The van der Waals surface area contributed by atoms with Gasteiger partial charge in [0.15, 0.2) is 0 Å². The number of rotatable bonds is 4. The van der Waals surface area contributed by atoms with Crippen molar-refractivity contribution in [1.82, 2.24) is 0 Å². The van der Waals surface area contributed by atoms with Gasteiger partial charge in [-0.15, -0.1) is 0 Å². The first-order valence-electron chi connectivity index (χ1n) is 4.53. The lowest BCUT2D eigenvalue weighted by Crippen LogP contribution is -2.04. The van der Waals surface area contributed by atoms with Crippen LogP contribution in [0.1, 0.15) is 25.7 Å². The van der Waals surface area contributed by atoms with Crippen LogP contribution in [0.15, 0.2) is 23.0 Å². The average molecular weight is 315 g/mol. The highest BCUT2D eigenvalue weighted by molar-refractivity contribution is 14.1. The van der Waals surface area contributed by atoms with Crippen LogP contribution in [-0.4, -0.2) is 4.43 Å². The zero-order valence-corrected chi connectivity index (χ0v) is 10.3. The van der Waals surface area contributed by atoms with Crippen molar-refractivity contribution in [3.8, 4) is 0 Å². The Kier molecular flexibility index (Phi) is 5.32. The zero-order chi connectivity index (χ0) is 9.68. The molecule has 0 aliphatic heterocycles. The lowest BCUT2D eigenvalue weighted by atomic mass is 9.94. The normalized spacial score (nSPS) is 22.5. The van der Waals surface area contributed by atoms with E-state index in [2.05, 4.69) is 22.6 Å². The van der Waals surface area contributed by atoms with Gasteiger partial charge in [-0.3, -0.25) is 0 Å². The van der Waals surface area contributed by atoms with Crippen LogP contribution in [0.5, 0.6) is 0 Å². The van der Waals surface area contributed by atoms with Gasteiger partial charge in [0.05, 0.1) is 5.03 Å². The Bertz CT molecular complexity index is 223. The average Bonchev–Trinajstić information content (AvgIpc) is 2.13. The summed E-state index contributed by atoms with van der Waals surface area (Å²) in [7, 11) is 0. The van der Waals surface area contributed by atoms with Crippen LogP contribution in [0.25, 0.3) is 0 Å². The molecule has 74 valence electrons. The number of halogens is 3. The maximum atomic E-state index is 13.4. The van der Waals surface area contributed by atoms with Gasteiger partial charge >= 0.3 is 0 Å². The van der Waals surface area contributed by atoms with Crippen molar-refractivity contribution in [3.63, 3.8) is 0 Å². The fourth-order valence-corrected chi connectivity index (χ4v) is 2.23. The Labute approximate surface area is 97.4 Å². The van der Waals surface area contributed by atoms with Gasteiger partial charge in [0, 0.05) is 5.92 Å². The minimum absolute atomic E-state index is 0.0421. The SMILES string of the molecule is FC1=C(Cl)C=CCC1CCCCI. The fraction of sp³-hybridized carbons (Fsp3) is 0.600. The molecular formula is C10H13ClFI. The van der Waals surface area contributed by atoms with E-state index in [4.69, 9.17) is 11.6 Å². The van der Waals surface area contributed by atoms with Crippen molar-refractivity contribution in [2.24, 2.45) is 5.92 Å². The van der Waals surface area contributed by atoms with Gasteiger partial charge in [-0.1, -0.05) is 46.7 Å². The molecule has 13 heavy (non-hydrogen) atoms. The predicted octanol–water partition coefficient (Wildman–Crippen LogP) is 4.59. The molecule has 0 aromatic rings.